The first-order valence-corrected chi connectivity index (χ1v) is 9.29. The number of urea groups is 1. The Bertz CT molecular complexity index is 690. The van der Waals surface area contributed by atoms with Gasteiger partial charge < -0.3 is 9.88 Å². The molecule has 2 fully saturated rings. The maximum atomic E-state index is 12.7. The van der Waals surface area contributed by atoms with E-state index in [-0.39, 0.29) is 12.1 Å². The molecule has 2 N–H and O–H groups in total. The van der Waals surface area contributed by atoms with Crippen LogP contribution in [0.5, 0.6) is 0 Å². The number of aromatic amines is 1. The fourth-order valence-electron chi connectivity index (χ4n) is 3.94. The van der Waals surface area contributed by atoms with Crippen molar-refractivity contribution < 1.29 is 4.79 Å². The van der Waals surface area contributed by atoms with Gasteiger partial charge in [0, 0.05) is 18.9 Å². The summed E-state index contributed by atoms with van der Waals surface area (Å²) in [6.07, 6.45) is 14.4. The van der Waals surface area contributed by atoms with Crippen LogP contribution in [-0.4, -0.2) is 42.2 Å². The molecule has 2 amide bonds. The highest BCUT2D eigenvalue weighted by atomic mass is 16.2. The third-order valence-electron chi connectivity index (χ3n) is 5.27. The molecule has 1 aliphatic heterocycles. The molecule has 25 heavy (non-hydrogen) atoms. The third kappa shape index (κ3) is 3.52. The Morgan fingerprint density at radius 3 is 2.76 bits per heavy atom. The third-order valence-corrected chi connectivity index (χ3v) is 5.27. The number of rotatable bonds is 3. The van der Waals surface area contributed by atoms with Crippen LogP contribution >= 0.6 is 0 Å². The van der Waals surface area contributed by atoms with E-state index in [2.05, 4.69) is 25.4 Å². The Kier molecular flexibility index (Phi) is 4.67. The predicted molar refractivity (Wildman–Crippen MR) is 93.0 cm³/mol. The monoisotopic (exact) mass is 343 g/mol. The number of hydrogen-bond donors (Lipinski definition) is 2. The second-order valence-corrected chi connectivity index (χ2v) is 6.95. The minimum atomic E-state index is -0.150. The first kappa shape index (κ1) is 16.1. The number of carbonyl (C=O) groups is 1. The summed E-state index contributed by atoms with van der Waals surface area (Å²) in [7, 11) is 0. The molecule has 8 heteroatoms. The van der Waals surface area contributed by atoms with E-state index in [1.54, 1.807) is 18.7 Å². The Hall–Kier alpha value is -2.38. The van der Waals surface area contributed by atoms with E-state index in [9.17, 15) is 4.79 Å². The fourth-order valence-corrected chi connectivity index (χ4v) is 3.94. The molecule has 1 saturated carbocycles. The molecule has 0 bridgehead atoms. The van der Waals surface area contributed by atoms with E-state index >= 15 is 0 Å². The maximum absolute atomic E-state index is 12.7. The highest BCUT2D eigenvalue weighted by Crippen LogP contribution is 2.30. The zero-order chi connectivity index (χ0) is 17.1. The molecule has 0 radical (unpaired) electrons. The molecule has 2 aromatic rings. The minimum Gasteiger partial charge on any atom is -0.347 e. The Morgan fingerprint density at radius 1 is 1.12 bits per heavy atom. The predicted octanol–water partition coefficient (Wildman–Crippen LogP) is 3.27. The van der Waals surface area contributed by atoms with E-state index in [1.165, 1.54) is 19.3 Å². The van der Waals surface area contributed by atoms with Crippen molar-refractivity contribution in [2.75, 3.05) is 11.9 Å². The van der Waals surface area contributed by atoms with E-state index in [4.69, 9.17) is 0 Å². The van der Waals surface area contributed by atoms with Crippen molar-refractivity contribution in [3.63, 3.8) is 0 Å². The van der Waals surface area contributed by atoms with Gasteiger partial charge in [0.15, 0.2) is 0 Å². The molecule has 2 aliphatic rings. The molecule has 1 saturated heterocycles. The van der Waals surface area contributed by atoms with Gasteiger partial charge in [-0.3, -0.25) is 5.32 Å². The standard InChI is InChI=1S/C17H25N7O/c25-17(23-11-5-4-8-14(23)15-18-9-10-19-15)21-16-20-12-24(22-16)13-6-2-1-3-7-13/h9-10,12-14H,1-8,11H2,(H,18,19)(H,21,22,25)/t14-/m1/s1. The van der Waals surface area contributed by atoms with Crippen LogP contribution in [0.4, 0.5) is 10.7 Å². The van der Waals surface area contributed by atoms with Crippen molar-refractivity contribution in [2.24, 2.45) is 0 Å². The van der Waals surface area contributed by atoms with Gasteiger partial charge in [-0.1, -0.05) is 19.3 Å². The van der Waals surface area contributed by atoms with Crippen molar-refractivity contribution in [3.8, 4) is 0 Å². The summed E-state index contributed by atoms with van der Waals surface area (Å²) in [5.74, 6) is 1.23. The molecular formula is C17H25N7O. The van der Waals surface area contributed by atoms with Crippen LogP contribution in [0.3, 0.4) is 0 Å². The van der Waals surface area contributed by atoms with Gasteiger partial charge >= 0.3 is 6.03 Å². The first-order chi connectivity index (χ1) is 12.3. The number of hydrogen-bond acceptors (Lipinski definition) is 4. The highest BCUT2D eigenvalue weighted by molar-refractivity contribution is 5.87. The van der Waals surface area contributed by atoms with Crippen LogP contribution in [-0.2, 0) is 0 Å². The second kappa shape index (κ2) is 7.25. The molecular weight excluding hydrogens is 318 g/mol. The number of nitrogens with one attached hydrogen (secondary N) is 2. The molecule has 4 rings (SSSR count). The van der Waals surface area contributed by atoms with Gasteiger partial charge in [-0.25, -0.2) is 19.4 Å². The molecule has 0 aromatic carbocycles. The lowest BCUT2D eigenvalue weighted by atomic mass is 9.96. The number of H-pyrrole nitrogens is 1. The van der Waals surface area contributed by atoms with Crippen LogP contribution < -0.4 is 5.32 Å². The van der Waals surface area contributed by atoms with Crippen molar-refractivity contribution in [2.45, 2.75) is 63.5 Å². The number of likely N-dealkylation sites (tertiary alicyclic amines) is 1. The zero-order valence-electron chi connectivity index (χ0n) is 14.4. The number of aromatic nitrogens is 5. The van der Waals surface area contributed by atoms with E-state index in [1.807, 2.05) is 9.58 Å². The number of anilines is 1. The quantitative estimate of drug-likeness (QED) is 0.895. The number of imidazole rings is 1. The van der Waals surface area contributed by atoms with Gasteiger partial charge in [-0.2, -0.15) is 0 Å². The lowest BCUT2D eigenvalue weighted by Crippen LogP contribution is -2.41. The molecule has 0 unspecified atom stereocenters. The summed E-state index contributed by atoms with van der Waals surface area (Å²) in [4.78, 5) is 26.3. The zero-order valence-corrected chi connectivity index (χ0v) is 14.4. The van der Waals surface area contributed by atoms with Gasteiger partial charge in [0.25, 0.3) is 0 Å². The first-order valence-electron chi connectivity index (χ1n) is 9.29. The highest BCUT2D eigenvalue weighted by Gasteiger charge is 2.30. The van der Waals surface area contributed by atoms with E-state index < -0.39 is 0 Å². The van der Waals surface area contributed by atoms with Crippen LogP contribution in [0.2, 0.25) is 0 Å². The molecule has 3 heterocycles. The van der Waals surface area contributed by atoms with Gasteiger partial charge in [-0.15, -0.1) is 5.10 Å². The van der Waals surface area contributed by atoms with Gasteiger partial charge in [0.05, 0.1) is 12.1 Å². The molecule has 0 spiro atoms. The van der Waals surface area contributed by atoms with Crippen LogP contribution in [0.1, 0.15) is 69.3 Å². The summed E-state index contributed by atoms with van der Waals surface area (Å²) < 4.78 is 1.91. The average Bonchev–Trinajstić information content (AvgIpc) is 3.34. The number of piperidine rings is 1. The summed E-state index contributed by atoms with van der Waals surface area (Å²) in [6, 6.07) is 0.254. The number of carbonyl (C=O) groups excluding carboxylic acids is 1. The fraction of sp³-hybridized carbons (Fsp3) is 0.647. The normalized spacial score (nSPS) is 22.1. The van der Waals surface area contributed by atoms with Gasteiger partial charge in [0.2, 0.25) is 5.95 Å². The number of amides is 2. The SMILES string of the molecule is O=C(Nc1ncn(C2CCCCC2)n1)N1CCCC[C@@H]1c1ncc[nH]1. The largest absolute Gasteiger partial charge is 0.347 e. The minimum absolute atomic E-state index is 0.0100. The second-order valence-electron chi connectivity index (χ2n) is 6.95. The van der Waals surface area contributed by atoms with Gasteiger partial charge in [0.1, 0.15) is 12.2 Å². The number of nitrogens with zero attached hydrogens (tertiary/aromatic N) is 5. The Morgan fingerprint density at radius 2 is 1.96 bits per heavy atom. The van der Waals surface area contributed by atoms with Crippen molar-refractivity contribution >= 4 is 12.0 Å². The molecule has 134 valence electrons. The Balaban J connectivity index is 1.43. The van der Waals surface area contributed by atoms with Crippen molar-refractivity contribution in [1.29, 1.82) is 0 Å². The molecule has 2 aromatic heterocycles. The van der Waals surface area contributed by atoms with E-state index in [0.29, 0.717) is 12.0 Å². The van der Waals surface area contributed by atoms with E-state index in [0.717, 1.165) is 44.5 Å². The topological polar surface area (TPSA) is 91.7 Å². The Labute approximate surface area is 147 Å². The summed E-state index contributed by atoms with van der Waals surface area (Å²) >= 11 is 0. The molecule has 1 aliphatic carbocycles. The molecule has 8 nitrogen and oxygen atoms in total. The average molecular weight is 343 g/mol. The smallest absolute Gasteiger partial charge is 0.324 e. The van der Waals surface area contributed by atoms with Crippen molar-refractivity contribution in [3.05, 3.63) is 24.5 Å². The summed E-state index contributed by atoms with van der Waals surface area (Å²) in [6.45, 7) is 0.723. The summed E-state index contributed by atoms with van der Waals surface area (Å²) in [5, 5.41) is 7.35. The molecule has 1 atom stereocenters. The van der Waals surface area contributed by atoms with Crippen LogP contribution in [0, 0.1) is 0 Å². The van der Waals surface area contributed by atoms with Gasteiger partial charge in [-0.05, 0) is 32.1 Å². The van der Waals surface area contributed by atoms with Crippen molar-refractivity contribution in [1.82, 2.24) is 29.6 Å². The summed E-state index contributed by atoms with van der Waals surface area (Å²) in [5.41, 5.74) is 0. The van der Waals surface area contributed by atoms with Crippen LogP contribution in [0.15, 0.2) is 18.7 Å². The maximum Gasteiger partial charge on any atom is 0.324 e. The lowest BCUT2D eigenvalue weighted by Gasteiger charge is -2.34. The lowest BCUT2D eigenvalue weighted by molar-refractivity contribution is 0.159. The van der Waals surface area contributed by atoms with Crippen LogP contribution in [0.25, 0.3) is 0 Å².